The van der Waals surface area contributed by atoms with E-state index in [0.717, 1.165) is 12.8 Å². The minimum Gasteiger partial charge on any atom is -0.462 e. The molecule has 0 radical (unpaired) electrons. The van der Waals surface area contributed by atoms with Crippen LogP contribution in [0.25, 0.3) is 0 Å². The number of amides is 1. The molecule has 1 heterocycles. The van der Waals surface area contributed by atoms with Crippen LogP contribution in [-0.2, 0) is 26.1 Å². The molecule has 0 spiro atoms. The van der Waals surface area contributed by atoms with Crippen molar-refractivity contribution in [2.24, 2.45) is 0 Å². The molecule has 0 aliphatic carbocycles. The summed E-state index contributed by atoms with van der Waals surface area (Å²) in [5.74, 6) is -0.749. The molecular weight excluding hydrogens is 440 g/mol. The maximum Gasteiger partial charge on any atom is 0.338 e. The third-order valence-electron chi connectivity index (χ3n) is 5.08. The van der Waals surface area contributed by atoms with E-state index in [-0.39, 0.29) is 24.0 Å². The van der Waals surface area contributed by atoms with Gasteiger partial charge in [0.1, 0.15) is 6.04 Å². The molecule has 1 aliphatic rings. The lowest BCUT2D eigenvalue weighted by atomic mass is 10.1. The lowest BCUT2D eigenvalue weighted by molar-refractivity contribution is -0.124. The molecule has 1 amide bonds. The number of halogens is 1. The van der Waals surface area contributed by atoms with E-state index in [9.17, 15) is 18.0 Å². The van der Waals surface area contributed by atoms with Gasteiger partial charge in [-0.3, -0.25) is 4.79 Å². The second-order valence-corrected chi connectivity index (χ2v) is 9.55. The van der Waals surface area contributed by atoms with E-state index in [1.54, 1.807) is 31.2 Å². The Balaban J connectivity index is 1.95. The van der Waals surface area contributed by atoms with E-state index in [1.807, 2.05) is 0 Å². The van der Waals surface area contributed by atoms with Gasteiger partial charge in [0, 0.05) is 18.1 Å². The summed E-state index contributed by atoms with van der Waals surface area (Å²) in [7, 11) is -3.98. The fraction of sp³-hybridized carbons (Fsp3) is 0.364. The van der Waals surface area contributed by atoms with Crippen molar-refractivity contribution < 1.29 is 22.7 Å². The van der Waals surface area contributed by atoms with E-state index in [4.69, 9.17) is 16.3 Å². The number of carbonyl (C=O) groups excluding carboxylic acids is 2. The summed E-state index contributed by atoms with van der Waals surface area (Å²) in [6.07, 6.45) is 1.96. The molecule has 1 saturated heterocycles. The van der Waals surface area contributed by atoms with Crippen molar-refractivity contribution in [3.8, 4) is 0 Å². The van der Waals surface area contributed by atoms with Crippen LogP contribution < -0.4 is 5.32 Å². The smallest absolute Gasteiger partial charge is 0.338 e. The molecule has 7 nitrogen and oxygen atoms in total. The Morgan fingerprint density at radius 1 is 1.13 bits per heavy atom. The number of carbonyl (C=O) groups is 2. The van der Waals surface area contributed by atoms with E-state index in [2.05, 4.69) is 5.32 Å². The van der Waals surface area contributed by atoms with Crippen LogP contribution in [0, 0.1) is 0 Å². The Kier molecular flexibility index (Phi) is 7.69. The van der Waals surface area contributed by atoms with Gasteiger partial charge in [0.05, 0.1) is 17.1 Å². The van der Waals surface area contributed by atoms with Gasteiger partial charge in [-0.15, -0.1) is 0 Å². The standard InChI is InChI=1S/C22H25ClN2O5S/c1-2-30-22(27)17-8-6-16(7-9-17)15-25(20-5-3-4-14-24-21(20)26)31(28,29)19-12-10-18(23)11-13-19/h6-13,20H,2-5,14-15H2,1H3,(H,24,26). The highest BCUT2D eigenvalue weighted by molar-refractivity contribution is 7.89. The van der Waals surface area contributed by atoms with Crippen molar-refractivity contribution in [2.45, 2.75) is 43.7 Å². The number of hydrogen-bond acceptors (Lipinski definition) is 5. The number of esters is 1. The monoisotopic (exact) mass is 464 g/mol. The van der Waals surface area contributed by atoms with Crippen LogP contribution in [0.15, 0.2) is 53.4 Å². The zero-order chi connectivity index (χ0) is 22.4. The molecule has 1 fully saturated rings. The average Bonchev–Trinajstić information content (AvgIpc) is 2.97. The zero-order valence-electron chi connectivity index (χ0n) is 17.2. The normalized spacial score (nSPS) is 17.1. The quantitative estimate of drug-likeness (QED) is 0.634. The highest BCUT2D eigenvalue weighted by Crippen LogP contribution is 2.26. The van der Waals surface area contributed by atoms with Gasteiger partial charge in [-0.1, -0.05) is 23.7 Å². The fourth-order valence-electron chi connectivity index (χ4n) is 3.44. The van der Waals surface area contributed by atoms with Gasteiger partial charge in [0.2, 0.25) is 15.9 Å². The van der Waals surface area contributed by atoms with Crippen molar-refractivity contribution in [1.82, 2.24) is 9.62 Å². The Bertz CT molecular complexity index is 1020. The molecule has 2 aromatic rings. The predicted octanol–water partition coefficient (Wildman–Crippen LogP) is 3.38. The average molecular weight is 465 g/mol. The SMILES string of the molecule is CCOC(=O)c1ccc(CN(C2CCCCNC2=O)S(=O)(=O)c2ccc(Cl)cc2)cc1. The van der Waals surface area contributed by atoms with Crippen molar-refractivity contribution in [1.29, 1.82) is 0 Å². The van der Waals surface area contributed by atoms with Gasteiger partial charge in [0.25, 0.3) is 0 Å². The number of sulfonamides is 1. The Labute approximate surface area is 187 Å². The molecule has 1 unspecified atom stereocenters. The number of benzene rings is 2. The first kappa shape index (κ1) is 23.2. The number of nitrogens with one attached hydrogen (secondary N) is 1. The molecule has 1 N–H and O–H groups in total. The molecule has 1 aliphatic heterocycles. The zero-order valence-corrected chi connectivity index (χ0v) is 18.8. The maximum absolute atomic E-state index is 13.5. The number of nitrogens with zero attached hydrogens (tertiary/aromatic N) is 1. The first-order valence-corrected chi connectivity index (χ1v) is 12.0. The molecule has 0 bridgehead atoms. The summed E-state index contributed by atoms with van der Waals surface area (Å²) in [4.78, 5) is 24.6. The second kappa shape index (κ2) is 10.3. The van der Waals surface area contributed by atoms with Crippen molar-refractivity contribution in [3.63, 3.8) is 0 Å². The van der Waals surface area contributed by atoms with Gasteiger partial charge in [0.15, 0.2) is 0 Å². The van der Waals surface area contributed by atoms with Gasteiger partial charge in [-0.2, -0.15) is 4.31 Å². The summed E-state index contributed by atoms with van der Waals surface area (Å²) < 4.78 is 33.2. The Morgan fingerprint density at radius 3 is 2.45 bits per heavy atom. The van der Waals surface area contributed by atoms with Crippen LogP contribution in [0.1, 0.15) is 42.1 Å². The van der Waals surface area contributed by atoms with Crippen LogP contribution in [0.4, 0.5) is 0 Å². The van der Waals surface area contributed by atoms with Gasteiger partial charge in [-0.05, 0) is 68.1 Å². The molecule has 0 aromatic heterocycles. The lowest BCUT2D eigenvalue weighted by Gasteiger charge is -2.29. The van der Waals surface area contributed by atoms with E-state index < -0.39 is 22.0 Å². The summed E-state index contributed by atoms with van der Waals surface area (Å²) >= 11 is 5.92. The third kappa shape index (κ3) is 5.64. The van der Waals surface area contributed by atoms with Crippen LogP contribution in [0.2, 0.25) is 5.02 Å². The van der Waals surface area contributed by atoms with Crippen molar-refractivity contribution in [2.75, 3.05) is 13.2 Å². The first-order chi connectivity index (χ1) is 14.8. The molecule has 2 aromatic carbocycles. The summed E-state index contributed by atoms with van der Waals surface area (Å²) in [6, 6.07) is 11.6. The second-order valence-electron chi connectivity index (χ2n) is 7.22. The molecule has 0 saturated carbocycles. The molecule has 166 valence electrons. The van der Waals surface area contributed by atoms with Gasteiger partial charge < -0.3 is 10.1 Å². The number of rotatable bonds is 7. The lowest BCUT2D eigenvalue weighted by Crippen LogP contribution is -2.48. The minimum absolute atomic E-state index is 0.00779. The van der Waals surface area contributed by atoms with Crippen LogP contribution >= 0.6 is 11.6 Å². The first-order valence-electron chi connectivity index (χ1n) is 10.1. The van der Waals surface area contributed by atoms with E-state index >= 15 is 0 Å². The van der Waals surface area contributed by atoms with Gasteiger partial charge in [-0.25, -0.2) is 13.2 Å². The fourth-order valence-corrected chi connectivity index (χ4v) is 5.18. The molecule has 1 atom stereocenters. The summed E-state index contributed by atoms with van der Waals surface area (Å²) in [5, 5.41) is 3.23. The van der Waals surface area contributed by atoms with Crippen LogP contribution in [0.5, 0.6) is 0 Å². The van der Waals surface area contributed by atoms with Gasteiger partial charge >= 0.3 is 5.97 Å². The highest BCUT2D eigenvalue weighted by Gasteiger charge is 2.36. The van der Waals surface area contributed by atoms with E-state index in [0.29, 0.717) is 29.1 Å². The third-order valence-corrected chi connectivity index (χ3v) is 7.20. The molecule has 9 heteroatoms. The summed E-state index contributed by atoms with van der Waals surface area (Å²) in [6.45, 7) is 2.51. The largest absolute Gasteiger partial charge is 0.462 e. The predicted molar refractivity (Wildman–Crippen MR) is 117 cm³/mol. The van der Waals surface area contributed by atoms with Crippen LogP contribution in [0.3, 0.4) is 0 Å². The van der Waals surface area contributed by atoms with Crippen LogP contribution in [-0.4, -0.2) is 43.8 Å². The minimum atomic E-state index is -3.98. The van der Waals surface area contributed by atoms with E-state index in [1.165, 1.54) is 28.6 Å². The van der Waals surface area contributed by atoms with Crippen molar-refractivity contribution >= 4 is 33.5 Å². The number of ether oxygens (including phenoxy) is 1. The molecular formula is C22H25ClN2O5S. The Hall–Kier alpha value is -2.42. The Morgan fingerprint density at radius 2 is 1.81 bits per heavy atom. The van der Waals surface area contributed by atoms with Crippen molar-refractivity contribution in [3.05, 3.63) is 64.7 Å². The maximum atomic E-state index is 13.5. The highest BCUT2D eigenvalue weighted by atomic mass is 35.5. The topological polar surface area (TPSA) is 92.8 Å². The molecule has 31 heavy (non-hydrogen) atoms. The molecule has 3 rings (SSSR count). The number of hydrogen-bond donors (Lipinski definition) is 1. The summed E-state index contributed by atoms with van der Waals surface area (Å²) in [5.41, 5.74) is 1.03.